The van der Waals surface area contributed by atoms with Crippen LogP contribution in [0.25, 0.3) is 16.3 Å². The molecular formula is C21H17N3O5. The molecule has 8 heteroatoms. The molecule has 2 aromatic heterocycles. The van der Waals surface area contributed by atoms with Gasteiger partial charge in [0.15, 0.2) is 0 Å². The molecule has 0 saturated carbocycles. The van der Waals surface area contributed by atoms with Gasteiger partial charge in [-0.3, -0.25) is 24.0 Å². The molecule has 0 radical (unpaired) electrons. The molecule has 1 amide bonds. The normalized spacial score (nSPS) is 12.2. The fraction of sp³-hybridized carbons (Fsp3) is 0.0952. The number of nitrogens with one attached hydrogen (secondary N) is 2. The van der Waals surface area contributed by atoms with Gasteiger partial charge in [-0.1, -0.05) is 36.4 Å². The highest BCUT2D eigenvalue weighted by Gasteiger charge is 2.26. The Hall–Kier alpha value is -3.91. The number of rotatable bonds is 5. The Kier molecular flexibility index (Phi) is 4.61. The Labute approximate surface area is 164 Å². The Morgan fingerprint density at radius 2 is 1.83 bits per heavy atom. The maximum Gasteiger partial charge on any atom is 0.322 e. The van der Waals surface area contributed by atoms with Crippen molar-refractivity contribution in [1.29, 1.82) is 0 Å². The second-order valence-electron chi connectivity index (χ2n) is 6.58. The number of aromatic nitrogens is 2. The first kappa shape index (κ1) is 18.5. The summed E-state index contributed by atoms with van der Waals surface area (Å²) in [6.07, 6.45) is 0.316. The SMILES string of the molecule is O=C(O)CNC(=O)c1c(C(O)c2ccc3ccccc3c2)c2cccn2[nH]c1=O. The van der Waals surface area contributed by atoms with E-state index >= 15 is 0 Å². The average molecular weight is 391 g/mol. The van der Waals surface area contributed by atoms with Crippen molar-refractivity contribution in [3.63, 3.8) is 0 Å². The first-order valence-electron chi connectivity index (χ1n) is 8.85. The molecule has 29 heavy (non-hydrogen) atoms. The topological polar surface area (TPSA) is 124 Å². The molecule has 4 aromatic rings. The largest absolute Gasteiger partial charge is 0.480 e. The van der Waals surface area contributed by atoms with E-state index in [2.05, 4.69) is 10.4 Å². The molecule has 2 heterocycles. The number of carboxylic acid groups (broad SMARTS) is 1. The van der Waals surface area contributed by atoms with Crippen LogP contribution in [0.5, 0.6) is 0 Å². The quantitative estimate of drug-likeness (QED) is 0.412. The standard InChI is InChI=1S/C21H17N3O5/c25-16(26)11-22-20(28)18-17(15-6-3-9-24(15)23-21(18)29)19(27)14-8-7-12-4-1-2-5-13(12)10-14/h1-10,19,27H,11H2,(H,22,28)(H,23,29)(H,25,26). The number of nitrogens with zero attached hydrogens (tertiary/aromatic N) is 1. The van der Waals surface area contributed by atoms with Gasteiger partial charge in [0.05, 0.1) is 5.52 Å². The Morgan fingerprint density at radius 3 is 2.59 bits per heavy atom. The number of amides is 1. The van der Waals surface area contributed by atoms with Crippen LogP contribution in [0.4, 0.5) is 0 Å². The Balaban J connectivity index is 1.89. The van der Waals surface area contributed by atoms with E-state index in [-0.39, 0.29) is 11.1 Å². The lowest BCUT2D eigenvalue weighted by Crippen LogP contribution is -2.36. The summed E-state index contributed by atoms with van der Waals surface area (Å²) in [6, 6.07) is 16.3. The fourth-order valence-corrected chi connectivity index (χ4v) is 3.40. The number of carboxylic acids is 1. The number of H-pyrrole nitrogens is 1. The molecule has 0 aliphatic rings. The smallest absolute Gasteiger partial charge is 0.322 e. The van der Waals surface area contributed by atoms with Crippen molar-refractivity contribution in [2.75, 3.05) is 6.54 Å². The van der Waals surface area contributed by atoms with E-state index in [1.807, 2.05) is 30.3 Å². The van der Waals surface area contributed by atoms with Crippen LogP contribution in [0.3, 0.4) is 0 Å². The van der Waals surface area contributed by atoms with E-state index in [1.165, 1.54) is 4.52 Å². The third-order valence-corrected chi connectivity index (χ3v) is 4.73. The molecular weight excluding hydrogens is 374 g/mol. The van der Waals surface area contributed by atoms with Gasteiger partial charge in [-0.15, -0.1) is 0 Å². The number of aromatic amines is 1. The molecule has 0 spiro atoms. The van der Waals surface area contributed by atoms with Crippen molar-refractivity contribution in [2.24, 2.45) is 0 Å². The number of aliphatic carboxylic acids is 1. The molecule has 2 aromatic carbocycles. The van der Waals surface area contributed by atoms with Gasteiger partial charge in [0.1, 0.15) is 18.2 Å². The van der Waals surface area contributed by atoms with E-state index in [9.17, 15) is 19.5 Å². The highest BCUT2D eigenvalue weighted by Crippen LogP contribution is 2.29. The Bertz CT molecular complexity index is 1300. The second-order valence-corrected chi connectivity index (χ2v) is 6.58. The van der Waals surface area contributed by atoms with Gasteiger partial charge < -0.3 is 15.5 Å². The first-order valence-corrected chi connectivity index (χ1v) is 8.85. The van der Waals surface area contributed by atoms with Gasteiger partial charge in [-0.2, -0.15) is 0 Å². The molecule has 0 aliphatic heterocycles. The number of aliphatic hydroxyl groups is 1. The lowest BCUT2D eigenvalue weighted by Gasteiger charge is -2.17. The zero-order valence-electron chi connectivity index (χ0n) is 15.1. The summed E-state index contributed by atoms with van der Waals surface area (Å²) in [6.45, 7) is -0.643. The first-order chi connectivity index (χ1) is 14.0. The van der Waals surface area contributed by atoms with Crippen molar-refractivity contribution >= 4 is 28.2 Å². The van der Waals surface area contributed by atoms with Crippen LogP contribution in [0.1, 0.15) is 27.6 Å². The number of benzene rings is 2. The molecule has 146 valence electrons. The summed E-state index contributed by atoms with van der Waals surface area (Å²) >= 11 is 0. The van der Waals surface area contributed by atoms with Crippen molar-refractivity contribution in [2.45, 2.75) is 6.10 Å². The van der Waals surface area contributed by atoms with Gasteiger partial charge in [-0.05, 0) is 34.5 Å². The van der Waals surface area contributed by atoms with Crippen LogP contribution in [0.15, 0.2) is 65.6 Å². The molecule has 0 fully saturated rings. The minimum atomic E-state index is -1.27. The third kappa shape index (κ3) is 3.37. The molecule has 0 saturated heterocycles. The molecule has 4 N–H and O–H groups in total. The van der Waals surface area contributed by atoms with E-state index in [4.69, 9.17) is 5.11 Å². The molecule has 0 bridgehead atoms. The van der Waals surface area contributed by atoms with Crippen LogP contribution in [-0.2, 0) is 4.79 Å². The molecule has 1 unspecified atom stereocenters. The monoisotopic (exact) mass is 391 g/mol. The zero-order chi connectivity index (χ0) is 20.5. The number of fused-ring (bicyclic) bond motifs is 2. The van der Waals surface area contributed by atoms with Gasteiger partial charge in [0.25, 0.3) is 11.5 Å². The summed E-state index contributed by atoms with van der Waals surface area (Å²) < 4.78 is 1.41. The molecule has 0 aliphatic carbocycles. The molecule has 8 nitrogen and oxygen atoms in total. The van der Waals surface area contributed by atoms with Crippen LogP contribution in [0, 0.1) is 0 Å². The van der Waals surface area contributed by atoms with E-state index in [0.29, 0.717) is 11.1 Å². The lowest BCUT2D eigenvalue weighted by molar-refractivity contribution is -0.135. The number of carbonyl (C=O) groups is 2. The number of carbonyl (C=O) groups excluding carboxylic acids is 1. The van der Waals surface area contributed by atoms with E-state index in [1.54, 1.807) is 30.5 Å². The highest BCUT2D eigenvalue weighted by atomic mass is 16.4. The molecule has 4 rings (SSSR count). The van der Waals surface area contributed by atoms with Crippen molar-refractivity contribution < 1.29 is 19.8 Å². The van der Waals surface area contributed by atoms with E-state index in [0.717, 1.165) is 10.8 Å². The van der Waals surface area contributed by atoms with Crippen LogP contribution < -0.4 is 10.9 Å². The summed E-state index contributed by atoms with van der Waals surface area (Å²) in [5.74, 6) is -2.11. The van der Waals surface area contributed by atoms with Crippen molar-refractivity contribution in [3.8, 4) is 0 Å². The summed E-state index contributed by atoms with van der Waals surface area (Å²) in [4.78, 5) is 36.0. The summed E-state index contributed by atoms with van der Waals surface area (Å²) in [5.41, 5.74) is -0.00289. The Morgan fingerprint density at radius 1 is 1.07 bits per heavy atom. The highest BCUT2D eigenvalue weighted by molar-refractivity contribution is 5.98. The van der Waals surface area contributed by atoms with Gasteiger partial charge in [0, 0.05) is 11.8 Å². The predicted molar refractivity (Wildman–Crippen MR) is 106 cm³/mol. The predicted octanol–water partition coefficient (Wildman–Crippen LogP) is 1.68. The maximum atomic E-state index is 12.6. The van der Waals surface area contributed by atoms with Crippen molar-refractivity contribution in [1.82, 2.24) is 14.9 Å². The minimum absolute atomic E-state index is 0.108. The number of hydrogen-bond acceptors (Lipinski definition) is 4. The average Bonchev–Trinajstić information content (AvgIpc) is 3.18. The fourth-order valence-electron chi connectivity index (χ4n) is 3.40. The van der Waals surface area contributed by atoms with Crippen LogP contribution >= 0.6 is 0 Å². The number of hydrogen-bond donors (Lipinski definition) is 4. The van der Waals surface area contributed by atoms with Gasteiger partial charge >= 0.3 is 5.97 Å². The maximum absolute atomic E-state index is 12.6. The van der Waals surface area contributed by atoms with Gasteiger partial charge in [-0.25, -0.2) is 0 Å². The zero-order valence-corrected chi connectivity index (χ0v) is 15.1. The summed E-state index contributed by atoms with van der Waals surface area (Å²) in [5, 5.41) is 26.6. The number of aliphatic hydroxyl groups excluding tert-OH is 1. The van der Waals surface area contributed by atoms with Crippen molar-refractivity contribution in [3.05, 3.63) is 87.8 Å². The third-order valence-electron chi connectivity index (χ3n) is 4.73. The van der Waals surface area contributed by atoms with Crippen LogP contribution in [0.2, 0.25) is 0 Å². The van der Waals surface area contributed by atoms with E-state index < -0.39 is 30.1 Å². The minimum Gasteiger partial charge on any atom is -0.480 e. The molecule has 1 atom stereocenters. The van der Waals surface area contributed by atoms with Crippen LogP contribution in [-0.4, -0.2) is 38.2 Å². The summed E-state index contributed by atoms with van der Waals surface area (Å²) in [7, 11) is 0. The lowest BCUT2D eigenvalue weighted by atomic mass is 9.95. The van der Waals surface area contributed by atoms with Gasteiger partial charge in [0.2, 0.25) is 0 Å². The second kappa shape index (κ2) is 7.25.